The molecule has 3 aromatic carbocycles. The fraction of sp³-hybridized carbons (Fsp3) is 0.424. The van der Waals surface area contributed by atoms with E-state index in [1.165, 1.54) is 6.07 Å². The minimum Gasteiger partial charge on any atom is -0.497 e. The van der Waals surface area contributed by atoms with E-state index in [0.717, 1.165) is 35.1 Å². The van der Waals surface area contributed by atoms with Crippen LogP contribution in [0.4, 0.5) is 4.39 Å². The molecule has 1 aliphatic rings. The first-order valence-corrected chi connectivity index (χ1v) is 13.4. The lowest BCUT2D eigenvalue weighted by Crippen LogP contribution is -2.21. The minimum absolute atomic E-state index is 0.0270. The number of benzene rings is 3. The van der Waals surface area contributed by atoms with Crippen LogP contribution in [0.1, 0.15) is 75.7 Å². The predicted octanol–water partition coefficient (Wildman–Crippen LogP) is 8.17. The third kappa shape index (κ3) is 6.62. The Balaban J connectivity index is 1.65. The monoisotopic (exact) mass is 534 g/mol. The molecule has 0 radical (unpaired) electrons. The molecule has 0 amide bonds. The number of carboxylic acid groups (broad SMARTS) is 1. The summed E-state index contributed by atoms with van der Waals surface area (Å²) in [7, 11) is 3.24. The maximum absolute atomic E-state index is 15.0. The average molecular weight is 535 g/mol. The number of hydrogen-bond acceptors (Lipinski definition) is 4. The molecular weight excluding hydrogens is 495 g/mol. The summed E-state index contributed by atoms with van der Waals surface area (Å²) >= 11 is 0. The highest BCUT2D eigenvalue weighted by molar-refractivity contribution is 5.71. The van der Waals surface area contributed by atoms with Gasteiger partial charge in [-0.3, -0.25) is 4.79 Å². The maximum atomic E-state index is 15.0. The van der Waals surface area contributed by atoms with Gasteiger partial charge in [0.1, 0.15) is 23.9 Å². The standard InChI is InChI=1S/C33H39FO5/c1-32(2,3)31(38-6)27-16-21(10-12-25(27)26-18-23(37-5)11-13-29(26)34)20-39-24-9-7-8-22(17-24)28(19-30(35)36)33(4)14-15-33/h7-13,16-18,28,31H,14-15,19-20H2,1-6H3,(H,35,36)/t28-,31+/m0/s1. The molecule has 0 aromatic heterocycles. The molecule has 0 unspecified atom stereocenters. The zero-order valence-electron chi connectivity index (χ0n) is 23.7. The largest absolute Gasteiger partial charge is 0.497 e. The lowest BCUT2D eigenvalue weighted by atomic mass is 9.81. The number of halogens is 1. The van der Waals surface area contributed by atoms with Gasteiger partial charge in [0.2, 0.25) is 0 Å². The molecule has 0 heterocycles. The summed E-state index contributed by atoms with van der Waals surface area (Å²) < 4.78 is 32.5. The van der Waals surface area contributed by atoms with Crippen molar-refractivity contribution in [2.75, 3.05) is 14.2 Å². The van der Waals surface area contributed by atoms with Crippen LogP contribution < -0.4 is 9.47 Å². The molecule has 1 N–H and O–H groups in total. The average Bonchev–Trinajstić information content (AvgIpc) is 3.64. The Morgan fingerprint density at radius 1 is 1.00 bits per heavy atom. The van der Waals surface area contributed by atoms with Crippen LogP contribution >= 0.6 is 0 Å². The topological polar surface area (TPSA) is 65.0 Å². The number of hydrogen-bond donors (Lipinski definition) is 1. The second-order valence-electron chi connectivity index (χ2n) is 11.9. The van der Waals surface area contributed by atoms with Gasteiger partial charge in [-0.05, 0) is 88.2 Å². The number of carbonyl (C=O) groups is 1. The number of rotatable bonds is 11. The predicted molar refractivity (Wildman–Crippen MR) is 151 cm³/mol. The molecule has 1 saturated carbocycles. The summed E-state index contributed by atoms with van der Waals surface area (Å²) in [6.07, 6.45) is 1.88. The van der Waals surface area contributed by atoms with Crippen LogP contribution in [0.15, 0.2) is 60.7 Å². The number of ether oxygens (including phenoxy) is 3. The molecule has 5 nitrogen and oxygen atoms in total. The van der Waals surface area contributed by atoms with E-state index in [1.54, 1.807) is 26.4 Å². The molecule has 1 aliphatic carbocycles. The summed E-state index contributed by atoms with van der Waals surface area (Å²) in [5.74, 6) is 0.107. The lowest BCUT2D eigenvalue weighted by Gasteiger charge is -2.32. The van der Waals surface area contributed by atoms with Crippen molar-refractivity contribution >= 4 is 5.97 Å². The third-order valence-electron chi connectivity index (χ3n) is 7.81. The number of carboxylic acids is 1. The molecule has 1 fully saturated rings. The van der Waals surface area contributed by atoms with Gasteiger partial charge >= 0.3 is 5.97 Å². The Labute approximate surface area is 230 Å². The Morgan fingerprint density at radius 3 is 2.36 bits per heavy atom. The normalized spacial score (nSPS) is 15.9. The van der Waals surface area contributed by atoms with Gasteiger partial charge in [0.15, 0.2) is 0 Å². The summed E-state index contributed by atoms with van der Waals surface area (Å²) in [6.45, 7) is 8.74. The Morgan fingerprint density at radius 2 is 1.74 bits per heavy atom. The van der Waals surface area contributed by atoms with Gasteiger partial charge in [0.05, 0.1) is 19.6 Å². The lowest BCUT2D eigenvalue weighted by molar-refractivity contribution is -0.137. The zero-order chi connectivity index (χ0) is 28.4. The SMILES string of the molecule is COc1ccc(F)c(-c2ccc(COc3cccc([C@H](CC(=O)O)C4(C)CC4)c3)cc2[C@@H](OC)C(C)(C)C)c1. The summed E-state index contributed by atoms with van der Waals surface area (Å²) in [4.78, 5) is 11.6. The van der Waals surface area contributed by atoms with Gasteiger partial charge in [-0.15, -0.1) is 0 Å². The van der Waals surface area contributed by atoms with Crippen molar-refractivity contribution < 1.29 is 28.5 Å². The summed E-state index contributed by atoms with van der Waals surface area (Å²) in [5.41, 5.74) is 3.76. The van der Waals surface area contributed by atoms with Gasteiger partial charge in [-0.2, -0.15) is 0 Å². The molecule has 0 aliphatic heterocycles. The molecular formula is C33H39FO5. The molecule has 0 spiro atoms. The zero-order valence-corrected chi connectivity index (χ0v) is 23.7. The number of aliphatic carboxylic acids is 1. The molecule has 6 heteroatoms. The van der Waals surface area contributed by atoms with E-state index in [2.05, 4.69) is 27.7 Å². The Hall–Kier alpha value is -3.38. The van der Waals surface area contributed by atoms with E-state index in [0.29, 0.717) is 23.7 Å². The van der Waals surface area contributed by atoms with Crippen LogP contribution in [-0.4, -0.2) is 25.3 Å². The van der Waals surface area contributed by atoms with Crippen LogP contribution in [0.25, 0.3) is 11.1 Å². The minimum atomic E-state index is -0.786. The van der Waals surface area contributed by atoms with Crippen LogP contribution in [0.2, 0.25) is 0 Å². The van der Waals surface area contributed by atoms with Crippen molar-refractivity contribution in [3.63, 3.8) is 0 Å². The highest BCUT2D eigenvalue weighted by Gasteiger charge is 2.46. The van der Waals surface area contributed by atoms with E-state index >= 15 is 4.39 Å². The van der Waals surface area contributed by atoms with Gasteiger partial charge in [-0.1, -0.05) is 52.0 Å². The van der Waals surface area contributed by atoms with Crippen LogP contribution in [0.5, 0.6) is 11.5 Å². The molecule has 39 heavy (non-hydrogen) atoms. The van der Waals surface area contributed by atoms with Crippen LogP contribution in [0.3, 0.4) is 0 Å². The van der Waals surface area contributed by atoms with Crippen molar-refractivity contribution in [1.29, 1.82) is 0 Å². The molecule has 4 rings (SSSR count). The quantitative estimate of drug-likeness (QED) is 0.269. The maximum Gasteiger partial charge on any atom is 0.303 e. The van der Waals surface area contributed by atoms with E-state index in [4.69, 9.17) is 14.2 Å². The third-order valence-corrected chi connectivity index (χ3v) is 7.81. The van der Waals surface area contributed by atoms with E-state index in [9.17, 15) is 9.90 Å². The van der Waals surface area contributed by atoms with E-state index < -0.39 is 5.97 Å². The first-order chi connectivity index (χ1) is 18.4. The first-order valence-electron chi connectivity index (χ1n) is 13.4. The smallest absolute Gasteiger partial charge is 0.303 e. The molecule has 208 valence electrons. The number of methoxy groups -OCH3 is 2. The fourth-order valence-electron chi connectivity index (χ4n) is 5.42. The molecule has 0 bridgehead atoms. The van der Waals surface area contributed by atoms with E-state index in [-0.39, 0.29) is 35.1 Å². The fourth-order valence-corrected chi connectivity index (χ4v) is 5.42. The second-order valence-corrected chi connectivity index (χ2v) is 11.9. The molecule has 2 atom stereocenters. The van der Waals surface area contributed by atoms with Gasteiger partial charge in [0.25, 0.3) is 0 Å². The highest BCUT2D eigenvalue weighted by atomic mass is 19.1. The van der Waals surface area contributed by atoms with Crippen LogP contribution in [0, 0.1) is 16.6 Å². The van der Waals surface area contributed by atoms with Crippen LogP contribution in [-0.2, 0) is 16.1 Å². The van der Waals surface area contributed by atoms with Gasteiger partial charge < -0.3 is 19.3 Å². The summed E-state index contributed by atoms with van der Waals surface area (Å²) in [5, 5.41) is 9.49. The highest BCUT2D eigenvalue weighted by Crippen LogP contribution is 2.57. The van der Waals surface area contributed by atoms with Crippen molar-refractivity contribution in [1.82, 2.24) is 0 Å². The molecule has 0 saturated heterocycles. The van der Waals surface area contributed by atoms with E-state index in [1.807, 2.05) is 42.5 Å². The Kier molecular flexibility index (Phi) is 8.36. The van der Waals surface area contributed by atoms with Crippen molar-refractivity contribution in [2.45, 2.75) is 65.6 Å². The van der Waals surface area contributed by atoms with Crippen molar-refractivity contribution in [2.24, 2.45) is 10.8 Å². The van der Waals surface area contributed by atoms with Gasteiger partial charge in [0, 0.05) is 12.7 Å². The Bertz CT molecular complexity index is 1320. The van der Waals surface area contributed by atoms with Gasteiger partial charge in [-0.25, -0.2) is 4.39 Å². The van der Waals surface area contributed by atoms with Crippen molar-refractivity contribution in [3.8, 4) is 22.6 Å². The first kappa shape index (κ1) is 28.6. The molecule has 3 aromatic rings. The second kappa shape index (κ2) is 11.4. The van der Waals surface area contributed by atoms with Crippen molar-refractivity contribution in [3.05, 3.63) is 83.2 Å². The summed E-state index contributed by atoms with van der Waals surface area (Å²) in [6, 6.07) is 18.4.